The highest BCUT2D eigenvalue weighted by Gasteiger charge is 2.34. The smallest absolute Gasteiger partial charge is 0.404 e. The second kappa shape index (κ2) is 6.44. The normalized spacial score (nSPS) is 23.6. The SMILES string of the molecule is Nc1ncnc2c1ncn2C[C@H]1CO[P@@](=O)(Oc2ccccc2)CO1. The maximum Gasteiger partial charge on any atom is 0.404 e. The molecule has 1 saturated heterocycles. The molecule has 0 unspecified atom stereocenters. The van der Waals surface area contributed by atoms with E-state index in [1.54, 1.807) is 35.2 Å². The minimum atomic E-state index is -3.31. The Morgan fingerprint density at radius 1 is 1.28 bits per heavy atom. The van der Waals surface area contributed by atoms with Gasteiger partial charge in [0.05, 0.1) is 19.5 Å². The van der Waals surface area contributed by atoms with Crippen LogP contribution < -0.4 is 10.3 Å². The van der Waals surface area contributed by atoms with Gasteiger partial charge in [0, 0.05) is 0 Å². The third kappa shape index (κ3) is 3.34. The number of anilines is 1. The van der Waals surface area contributed by atoms with E-state index < -0.39 is 7.60 Å². The minimum absolute atomic E-state index is 0.115. The molecule has 1 aromatic carbocycles. The summed E-state index contributed by atoms with van der Waals surface area (Å²) in [6, 6.07) is 8.89. The first-order chi connectivity index (χ1) is 12.1. The molecule has 9 nitrogen and oxygen atoms in total. The topological polar surface area (TPSA) is 114 Å². The number of benzene rings is 1. The van der Waals surface area contributed by atoms with E-state index in [9.17, 15) is 4.57 Å². The summed E-state index contributed by atoms with van der Waals surface area (Å²) in [5.41, 5.74) is 6.93. The van der Waals surface area contributed by atoms with Crippen molar-refractivity contribution in [1.29, 1.82) is 0 Å². The van der Waals surface area contributed by atoms with Crippen molar-refractivity contribution in [1.82, 2.24) is 19.5 Å². The van der Waals surface area contributed by atoms with Crippen molar-refractivity contribution in [3.8, 4) is 5.75 Å². The third-order valence-electron chi connectivity index (χ3n) is 3.74. The number of ether oxygens (including phenoxy) is 1. The Hall–Kier alpha value is -2.48. The van der Waals surface area contributed by atoms with Gasteiger partial charge in [-0.2, -0.15) is 0 Å². The Kier molecular flexibility index (Phi) is 4.12. The molecule has 10 heteroatoms. The van der Waals surface area contributed by atoms with Crippen LogP contribution in [0.1, 0.15) is 0 Å². The monoisotopic (exact) mass is 361 g/mol. The third-order valence-corrected chi connectivity index (χ3v) is 5.24. The van der Waals surface area contributed by atoms with Crippen LogP contribution in [0.2, 0.25) is 0 Å². The van der Waals surface area contributed by atoms with Crippen LogP contribution >= 0.6 is 7.60 Å². The second-order valence-corrected chi connectivity index (χ2v) is 7.48. The van der Waals surface area contributed by atoms with Crippen LogP contribution in [0, 0.1) is 0 Å². The minimum Gasteiger partial charge on any atom is -0.423 e. The van der Waals surface area contributed by atoms with E-state index in [4.69, 9.17) is 19.5 Å². The van der Waals surface area contributed by atoms with E-state index in [0.717, 1.165) is 0 Å². The molecule has 1 fully saturated rings. The average Bonchev–Trinajstić information content (AvgIpc) is 3.02. The fourth-order valence-electron chi connectivity index (χ4n) is 2.53. The van der Waals surface area contributed by atoms with Gasteiger partial charge in [-0.25, -0.2) is 19.5 Å². The van der Waals surface area contributed by atoms with Gasteiger partial charge < -0.3 is 19.6 Å². The van der Waals surface area contributed by atoms with Crippen molar-refractivity contribution in [2.24, 2.45) is 0 Å². The molecule has 25 heavy (non-hydrogen) atoms. The molecule has 0 saturated carbocycles. The molecule has 2 atom stereocenters. The van der Waals surface area contributed by atoms with Crippen molar-refractivity contribution in [3.63, 3.8) is 0 Å². The van der Waals surface area contributed by atoms with Gasteiger partial charge in [-0.3, -0.25) is 4.52 Å². The van der Waals surface area contributed by atoms with Crippen molar-refractivity contribution >= 4 is 24.6 Å². The Morgan fingerprint density at radius 3 is 2.88 bits per heavy atom. The van der Waals surface area contributed by atoms with E-state index in [1.807, 2.05) is 6.07 Å². The van der Waals surface area contributed by atoms with Crippen molar-refractivity contribution in [2.75, 3.05) is 18.7 Å². The number of fused-ring (bicyclic) bond motifs is 1. The quantitative estimate of drug-likeness (QED) is 0.702. The van der Waals surface area contributed by atoms with Gasteiger partial charge in [-0.05, 0) is 12.1 Å². The fourth-order valence-corrected chi connectivity index (χ4v) is 3.94. The van der Waals surface area contributed by atoms with Gasteiger partial charge in [0.15, 0.2) is 17.8 Å². The number of imidazole rings is 1. The standard InChI is InChI=1S/C15H16N5O4P/c16-14-13-15(18-8-17-14)20(9-19-13)6-12-7-23-25(21,10-22-12)24-11-4-2-1-3-5-11/h1-5,8-9,12H,6-7,10H2,(H2,16,17,18)/t12-,25+/m0/s1. The molecule has 1 aliphatic heterocycles. The summed E-state index contributed by atoms with van der Waals surface area (Å²) in [6.07, 6.45) is 2.59. The summed E-state index contributed by atoms with van der Waals surface area (Å²) in [4.78, 5) is 12.3. The lowest BCUT2D eigenvalue weighted by Crippen LogP contribution is -2.31. The summed E-state index contributed by atoms with van der Waals surface area (Å²) in [5, 5.41) is 0. The lowest BCUT2D eigenvalue weighted by molar-refractivity contribution is -0.00591. The van der Waals surface area contributed by atoms with Crippen LogP contribution in [0.25, 0.3) is 11.2 Å². The number of rotatable bonds is 4. The van der Waals surface area contributed by atoms with Crippen LogP contribution in [-0.4, -0.2) is 38.6 Å². The molecular weight excluding hydrogens is 345 g/mol. The second-order valence-electron chi connectivity index (χ2n) is 5.56. The van der Waals surface area contributed by atoms with E-state index in [1.165, 1.54) is 6.33 Å². The Morgan fingerprint density at radius 2 is 2.12 bits per heavy atom. The summed E-state index contributed by atoms with van der Waals surface area (Å²) < 4.78 is 31.0. The molecule has 0 amide bonds. The molecule has 4 rings (SSSR count). The van der Waals surface area contributed by atoms with Crippen molar-refractivity contribution in [3.05, 3.63) is 43.0 Å². The predicted octanol–water partition coefficient (Wildman–Crippen LogP) is 2.05. The Bertz CT molecular complexity index is 920. The van der Waals surface area contributed by atoms with E-state index in [2.05, 4.69) is 15.0 Å². The maximum atomic E-state index is 12.6. The largest absolute Gasteiger partial charge is 0.423 e. The van der Waals surface area contributed by atoms with Gasteiger partial charge in [0.2, 0.25) is 0 Å². The zero-order chi connectivity index (χ0) is 17.3. The highest BCUT2D eigenvalue weighted by atomic mass is 31.2. The fraction of sp³-hybridized carbons (Fsp3) is 0.267. The maximum absolute atomic E-state index is 12.6. The first-order valence-corrected chi connectivity index (χ1v) is 9.37. The van der Waals surface area contributed by atoms with Crippen LogP contribution in [0.5, 0.6) is 5.75 Å². The molecule has 2 N–H and O–H groups in total. The first-order valence-electron chi connectivity index (χ1n) is 7.64. The summed E-state index contributed by atoms with van der Waals surface area (Å²) in [7, 11) is -3.31. The zero-order valence-electron chi connectivity index (χ0n) is 13.2. The van der Waals surface area contributed by atoms with E-state index in [0.29, 0.717) is 29.3 Å². The molecule has 0 spiro atoms. The van der Waals surface area contributed by atoms with E-state index in [-0.39, 0.29) is 19.1 Å². The number of nitrogens with two attached hydrogens (primary N) is 1. The van der Waals surface area contributed by atoms with E-state index >= 15 is 0 Å². The van der Waals surface area contributed by atoms with Gasteiger partial charge in [-0.1, -0.05) is 18.2 Å². The molecule has 1 aliphatic rings. The van der Waals surface area contributed by atoms with Gasteiger partial charge in [0.25, 0.3) is 0 Å². The molecule has 0 bridgehead atoms. The van der Waals surface area contributed by atoms with Gasteiger partial charge in [0.1, 0.15) is 23.7 Å². The number of para-hydroxylation sites is 1. The number of nitrogen functional groups attached to an aromatic ring is 1. The highest BCUT2D eigenvalue weighted by Crippen LogP contribution is 2.50. The Labute approximate surface area is 143 Å². The first kappa shape index (κ1) is 16.0. The molecule has 3 heterocycles. The highest BCUT2D eigenvalue weighted by molar-refractivity contribution is 7.54. The lowest BCUT2D eigenvalue weighted by Gasteiger charge is -2.29. The summed E-state index contributed by atoms with van der Waals surface area (Å²) in [5.74, 6) is 0.811. The molecule has 0 radical (unpaired) electrons. The number of hydrogen-bond acceptors (Lipinski definition) is 8. The van der Waals surface area contributed by atoms with Crippen molar-refractivity contribution in [2.45, 2.75) is 12.6 Å². The number of nitrogens with zero attached hydrogens (tertiary/aromatic N) is 4. The lowest BCUT2D eigenvalue weighted by atomic mass is 10.3. The average molecular weight is 361 g/mol. The Balaban J connectivity index is 1.42. The predicted molar refractivity (Wildman–Crippen MR) is 90.1 cm³/mol. The van der Waals surface area contributed by atoms with Crippen LogP contribution in [-0.2, 0) is 20.4 Å². The van der Waals surface area contributed by atoms with Crippen LogP contribution in [0.4, 0.5) is 5.82 Å². The van der Waals surface area contributed by atoms with Gasteiger partial charge in [-0.15, -0.1) is 0 Å². The van der Waals surface area contributed by atoms with Crippen LogP contribution in [0.3, 0.4) is 0 Å². The number of aromatic nitrogens is 4. The molecule has 0 aliphatic carbocycles. The van der Waals surface area contributed by atoms with Crippen molar-refractivity contribution < 1.29 is 18.3 Å². The van der Waals surface area contributed by atoms with Crippen LogP contribution in [0.15, 0.2) is 43.0 Å². The molecular formula is C15H16N5O4P. The molecule has 130 valence electrons. The molecule has 3 aromatic rings. The van der Waals surface area contributed by atoms with Gasteiger partial charge >= 0.3 is 7.60 Å². The number of hydrogen-bond donors (Lipinski definition) is 1. The summed E-state index contributed by atoms with van der Waals surface area (Å²) in [6.45, 7) is 0.586. The summed E-state index contributed by atoms with van der Waals surface area (Å²) >= 11 is 0. The zero-order valence-corrected chi connectivity index (χ0v) is 14.1. The molecule has 2 aromatic heterocycles.